The van der Waals surface area contributed by atoms with Gasteiger partial charge >= 0.3 is 6.18 Å². The van der Waals surface area contributed by atoms with Crippen molar-refractivity contribution < 1.29 is 27.5 Å². The molecule has 0 aliphatic rings. The number of ether oxygens (including phenoxy) is 1. The summed E-state index contributed by atoms with van der Waals surface area (Å²) in [6.45, 7) is 2.14. The molecule has 2 aromatic rings. The highest BCUT2D eigenvalue weighted by Crippen LogP contribution is 2.24. The molecule has 0 saturated carbocycles. The van der Waals surface area contributed by atoms with Gasteiger partial charge in [-0.3, -0.25) is 9.59 Å². The van der Waals surface area contributed by atoms with Crippen molar-refractivity contribution in [2.45, 2.75) is 26.1 Å². The van der Waals surface area contributed by atoms with Crippen molar-refractivity contribution in [1.29, 1.82) is 0 Å². The lowest BCUT2D eigenvalue weighted by atomic mass is 10.1. The van der Waals surface area contributed by atoms with Crippen LogP contribution in [0.5, 0.6) is 5.88 Å². The van der Waals surface area contributed by atoms with Crippen LogP contribution in [0.4, 0.5) is 18.9 Å². The van der Waals surface area contributed by atoms with Gasteiger partial charge in [0, 0.05) is 23.9 Å². The molecule has 2 N–H and O–H groups in total. The van der Waals surface area contributed by atoms with Crippen molar-refractivity contribution in [3.05, 3.63) is 52.7 Å². The van der Waals surface area contributed by atoms with Gasteiger partial charge in [-0.2, -0.15) is 13.2 Å². The topological polar surface area (TPSA) is 80.3 Å². The number of rotatable bonds is 6. The first-order valence-corrected chi connectivity index (χ1v) is 8.50. The zero-order chi connectivity index (χ0) is 20.9. The minimum Gasteiger partial charge on any atom is -0.468 e. The van der Waals surface area contributed by atoms with E-state index in [1.807, 2.05) is 13.8 Å². The summed E-state index contributed by atoms with van der Waals surface area (Å²) >= 11 is 6.06. The molecule has 1 aromatic heterocycles. The Morgan fingerprint density at radius 1 is 1.14 bits per heavy atom. The van der Waals surface area contributed by atoms with Crippen LogP contribution in [0.25, 0.3) is 0 Å². The number of benzene rings is 1. The molecule has 0 fully saturated rings. The fraction of sp³-hybridized carbons (Fsp3) is 0.278. The molecule has 0 spiro atoms. The molecule has 2 amide bonds. The summed E-state index contributed by atoms with van der Waals surface area (Å²) < 4.78 is 40.9. The molecule has 6 nitrogen and oxygen atoms in total. The number of carbonyl (C=O) groups excluding carboxylic acids is 2. The summed E-state index contributed by atoms with van der Waals surface area (Å²) in [6.07, 6.45) is -3.41. The Bertz CT molecular complexity index is 855. The average molecular weight is 416 g/mol. The fourth-order valence-corrected chi connectivity index (χ4v) is 2.22. The van der Waals surface area contributed by atoms with E-state index in [1.54, 1.807) is 0 Å². The molecule has 0 saturated heterocycles. The number of nitrogens with one attached hydrogen (secondary N) is 2. The molecule has 1 heterocycles. The van der Waals surface area contributed by atoms with E-state index < -0.39 is 18.7 Å². The van der Waals surface area contributed by atoms with E-state index in [4.69, 9.17) is 11.6 Å². The maximum Gasteiger partial charge on any atom is 0.422 e. The molecular weight excluding hydrogens is 399 g/mol. The standard InChI is InChI=1S/C18H17ClF3N3O3/c1-10(2)24-16(26)11-3-5-13(19)14(7-11)25-17(27)12-4-6-15(23-8-12)28-9-18(20,21)22/h3-8,10H,9H2,1-2H3,(H,24,26)(H,25,27). The smallest absolute Gasteiger partial charge is 0.422 e. The summed E-state index contributed by atoms with van der Waals surface area (Å²) in [6, 6.07) is 6.76. The van der Waals surface area contributed by atoms with Gasteiger partial charge in [0.1, 0.15) is 0 Å². The van der Waals surface area contributed by atoms with Crippen LogP contribution >= 0.6 is 11.6 Å². The SMILES string of the molecule is CC(C)NC(=O)c1ccc(Cl)c(NC(=O)c2ccc(OCC(F)(F)F)nc2)c1. The molecule has 150 valence electrons. The molecule has 0 aliphatic heterocycles. The first kappa shape index (κ1) is 21.5. The third-order valence-corrected chi connectivity index (χ3v) is 3.61. The second-order valence-corrected chi connectivity index (χ2v) is 6.47. The minimum atomic E-state index is -4.48. The van der Waals surface area contributed by atoms with Crippen molar-refractivity contribution in [2.24, 2.45) is 0 Å². The van der Waals surface area contributed by atoms with Crippen molar-refractivity contribution >= 4 is 29.1 Å². The summed E-state index contributed by atoms with van der Waals surface area (Å²) in [5.74, 6) is -1.19. The summed E-state index contributed by atoms with van der Waals surface area (Å²) in [5.41, 5.74) is 0.593. The number of nitrogens with zero attached hydrogens (tertiary/aromatic N) is 1. The second kappa shape index (κ2) is 8.92. The maximum atomic E-state index is 12.3. The van der Waals surface area contributed by atoms with Crippen molar-refractivity contribution in [1.82, 2.24) is 10.3 Å². The molecule has 0 aliphatic carbocycles. The van der Waals surface area contributed by atoms with Crippen LogP contribution in [0.15, 0.2) is 36.5 Å². The van der Waals surface area contributed by atoms with Gasteiger partial charge in [0.25, 0.3) is 11.8 Å². The Balaban J connectivity index is 2.09. The first-order valence-electron chi connectivity index (χ1n) is 8.12. The lowest BCUT2D eigenvalue weighted by molar-refractivity contribution is -0.154. The van der Waals surface area contributed by atoms with Crippen molar-refractivity contribution in [2.75, 3.05) is 11.9 Å². The van der Waals surface area contributed by atoms with E-state index in [9.17, 15) is 22.8 Å². The highest BCUT2D eigenvalue weighted by Gasteiger charge is 2.28. The van der Waals surface area contributed by atoms with Gasteiger partial charge in [-0.15, -0.1) is 0 Å². The number of halogens is 4. The number of aromatic nitrogens is 1. The Kier molecular flexibility index (Phi) is 6.85. The van der Waals surface area contributed by atoms with Crippen molar-refractivity contribution in [3.63, 3.8) is 0 Å². The molecule has 1 aromatic carbocycles. The van der Waals surface area contributed by atoms with Gasteiger partial charge in [-0.05, 0) is 38.1 Å². The Hall–Kier alpha value is -2.81. The number of carbonyl (C=O) groups is 2. The number of hydrogen-bond donors (Lipinski definition) is 2. The number of hydrogen-bond acceptors (Lipinski definition) is 4. The number of anilines is 1. The summed E-state index contributed by atoms with van der Waals surface area (Å²) in [4.78, 5) is 28.1. The van der Waals surface area contributed by atoms with Gasteiger partial charge in [-0.25, -0.2) is 4.98 Å². The first-order chi connectivity index (χ1) is 13.0. The van der Waals surface area contributed by atoms with Crippen molar-refractivity contribution in [3.8, 4) is 5.88 Å². The van der Waals surface area contributed by atoms with E-state index in [0.29, 0.717) is 5.56 Å². The third kappa shape index (κ3) is 6.41. The van der Waals surface area contributed by atoms with Crippen LogP contribution in [-0.2, 0) is 0 Å². The molecule has 0 unspecified atom stereocenters. The monoisotopic (exact) mass is 415 g/mol. The maximum absolute atomic E-state index is 12.3. The van der Waals surface area contributed by atoms with E-state index in [2.05, 4.69) is 20.4 Å². The molecule has 0 bridgehead atoms. The van der Waals surface area contributed by atoms with Gasteiger partial charge in [0.15, 0.2) is 6.61 Å². The van der Waals surface area contributed by atoms with Gasteiger partial charge < -0.3 is 15.4 Å². The van der Waals surface area contributed by atoms with Crippen LogP contribution in [0, 0.1) is 0 Å². The van der Waals surface area contributed by atoms with Crippen LogP contribution in [0.2, 0.25) is 5.02 Å². The largest absolute Gasteiger partial charge is 0.468 e. The highest BCUT2D eigenvalue weighted by atomic mass is 35.5. The van der Waals surface area contributed by atoms with Crippen LogP contribution in [-0.4, -0.2) is 35.6 Å². The van der Waals surface area contributed by atoms with E-state index in [1.165, 1.54) is 24.3 Å². The Morgan fingerprint density at radius 3 is 2.39 bits per heavy atom. The minimum absolute atomic E-state index is 0.0645. The highest BCUT2D eigenvalue weighted by molar-refractivity contribution is 6.34. The molecular formula is C18H17ClF3N3O3. The molecule has 0 atom stereocenters. The molecule has 10 heteroatoms. The predicted molar refractivity (Wildman–Crippen MR) is 97.8 cm³/mol. The lowest BCUT2D eigenvalue weighted by Gasteiger charge is -2.12. The molecule has 28 heavy (non-hydrogen) atoms. The van der Waals surface area contributed by atoms with Crippen LogP contribution in [0.1, 0.15) is 34.6 Å². The fourth-order valence-electron chi connectivity index (χ4n) is 2.06. The summed E-state index contributed by atoms with van der Waals surface area (Å²) in [5, 5.41) is 5.48. The quantitative estimate of drug-likeness (QED) is 0.745. The summed E-state index contributed by atoms with van der Waals surface area (Å²) in [7, 11) is 0. The van der Waals surface area contributed by atoms with Gasteiger partial charge in [0.05, 0.1) is 16.3 Å². The van der Waals surface area contributed by atoms with E-state index in [-0.39, 0.29) is 34.1 Å². The van der Waals surface area contributed by atoms with E-state index >= 15 is 0 Å². The number of amides is 2. The molecule has 0 radical (unpaired) electrons. The van der Waals surface area contributed by atoms with Crippen LogP contribution in [0.3, 0.4) is 0 Å². The third-order valence-electron chi connectivity index (χ3n) is 3.28. The predicted octanol–water partition coefficient (Wildman–Crippen LogP) is 4.07. The van der Waals surface area contributed by atoms with Gasteiger partial charge in [-0.1, -0.05) is 11.6 Å². The Labute approximate surface area is 164 Å². The number of alkyl halides is 3. The number of pyridine rings is 1. The zero-order valence-electron chi connectivity index (χ0n) is 14.9. The van der Waals surface area contributed by atoms with Gasteiger partial charge in [0.2, 0.25) is 5.88 Å². The molecule has 2 rings (SSSR count). The van der Waals surface area contributed by atoms with E-state index in [0.717, 1.165) is 12.3 Å². The Morgan fingerprint density at radius 2 is 1.82 bits per heavy atom. The lowest BCUT2D eigenvalue weighted by Crippen LogP contribution is -2.30. The zero-order valence-corrected chi connectivity index (χ0v) is 15.7. The second-order valence-electron chi connectivity index (χ2n) is 6.07. The average Bonchev–Trinajstić information content (AvgIpc) is 2.61. The van der Waals surface area contributed by atoms with Crippen LogP contribution < -0.4 is 15.4 Å². The normalized spacial score (nSPS) is 11.2.